The van der Waals surface area contributed by atoms with Crippen LogP contribution in [0.25, 0.3) is 10.9 Å². The molecule has 1 aliphatic rings. The standard InChI is InChI=1S/C17H20BrN3O3/c1-20(11-16(22)23)9-13-10-21(7-8-24-13)15-6-5-12-3-2-4-14(18)17(12)19-15/h2-6,13H,7-11H2,1H3,(H,22,23). The van der Waals surface area contributed by atoms with E-state index in [1.807, 2.05) is 24.3 Å². The molecular formula is C17H20BrN3O3. The number of benzene rings is 1. The summed E-state index contributed by atoms with van der Waals surface area (Å²) >= 11 is 3.55. The Morgan fingerprint density at radius 3 is 3.08 bits per heavy atom. The summed E-state index contributed by atoms with van der Waals surface area (Å²) in [5.74, 6) is 0.0924. The highest BCUT2D eigenvalue weighted by Gasteiger charge is 2.23. The van der Waals surface area contributed by atoms with Crippen molar-refractivity contribution in [1.82, 2.24) is 9.88 Å². The van der Waals surface area contributed by atoms with Gasteiger partial charge in [0, 0.05) is 29.5 Å². The molecule has 6 nitrogen and oxygen atoms in total. The molecule has 0 aliphatic carbocycles. The molecule has 1 atom stereocenters. The highest BCUT2D eigenvalue weighted by Crippen LogP contribution is 2.25. The van der Waals surface area contributed by atoms with Crippen LogP contribution in [0.1, 0.15) is 0 Å². The van der Waals surface area contributed by atoms with Gasteiger partial charge in [-0.3, -0.25) is 9.69 Å². The van der Waals surface area contributed by atoms with Crippen LogP contribution in [0.3, 0.4) is 0 Å². The molecule has 128 valence electrons. The first-order chi connectivity index (χ1) is 11.5. The van der Waals surface area contributed by atoms with Gasteiger partial charge in [-0.05, 0) is 41.2 Å². The largest absolute Gasteiger partial charge is 0.480 e. The molecule has 1 unspecified atom stereocenters. The van der Waals surface area contributed by atoms with Crippen molar-refractivity contribution in [2.75, 3.05) is 44.7 Å². The number of halogens is 1. The molecule has 1 saturated heterocycles. The Morgan fingerprint density at radius 1 is 1.46 bits per heavy atom. The number of hydrogen-bond donors (Lipinski definition) is 1. The van der Waals surface area contributed by atoms with Crippen LogP contribution < -0.4 is 4.90 Å². The lowest BCUT2D eigenvalue weighted by Gasteiger charge is -2.35. The maximum Gasteiger partial charge on any atom is 0.317 e. The monoisotopic (exact) mass is 393 g/mol. The van der Waals surface area contributed by atoms with Crippen LogP contribution in [0.4, 0.5) is 5.82 Å². The van der Waals surface area contributed by atoms with Crippen LogP contribution in [0.2, 0.25) is 0 Å². The fourth-order valence-electron chi connectivity index (χ4n) is 2.96. The topological polar surface area (TPSA) is 65.9 Å². The second kappa shape index (κ2) is 7.46. The van der Waals surface area contributed by atoms with E-state index < -0.39 is 5.97 Å². The molecule has 1 aromatic carbocycles. The van der Waals surface area contributed by atoms with Gasteiger partial charge in [0.25, 0.3) is 0 Å². The van der Waals surface area contributed by atoms with Crippen LogP contribution in [0.15, 0.2) is 34.8 Å². The number of nitrogens with zero attached hydrogens (tertiary/aromatic N) is 3. The van der Waals surface area contributed by atoms with Crippen molar-refractivity contribution < 1.29 is 14.6 Å². The van der Waals surface area contributed by atoms with Gasteiger partial charge in [0.05, 0.1) is 24.8 Å². The van der Waals surface area contributed by atoms with Crippen LogP contribution >= 0.6 is 15.9 Å². The first kappa shape index (κ1) is 17.1. The zero-order valence-corrected chi connectivity index (χ0v) is 15.1. The number of rotatable bonds is 5. The summed E-state index contributed by atoms with van der Waals surface area (Å²) in [6.07, 6.45) is -0.0280. The predicted octanol–water partition coefficient (Wildman–Crippen LogP) is 2.22. The highest BCUT2D eigenvalue weighted by molar-refractivity contribution is 9.10. The smallest absolute Gasteiger partial charge is 0.317 e. The second-order valence-electron chi connectivity index (χ2n) is 6.01. The molecule has 0 spiro atoms. The van der Waals surface area contributed by atoms with Gasteiger partial charge < -0.3 is 14.7 Å². The fraction of sp³-hybridized carbons (Fsp3) is 0.412. The van der Waals surface area contributed by atoms with Gasteiger partial charge in [-0.1, -0.05) is 12.1 Å². The number of fused-ring (bicyclic) bond motifs is 1. The summed E-state index contributed by atoms with van der Waals surface area (Å²) in [4.78, 5) is 19.5. The third-order valence-corrected chi connectivity index (χ3v) is 4.68. The average molecular weight is 394 g/mol. The Bertz CT molecular complexity index is 740. The van der Waals surface area contributed by atoms with E-state index in [4.69, 9.17) is 14.8 Å². The number of anilines is 1. The van der Waals surface area contributed by atoms with E-state index in [9.17, 15) is 4.79 Å². The maximum atomic E-state index is 10.8. The third-order valence-electron chi connectivity index (χ3n) is 4.04. The van der Waals surface area contributed by atoms with E-state index in [1.165, 1.54) is 0 Å². The average Bonchev–Trinajstić information content (AvgIpc) is 2.54. The van der Waals surface area contributed by atoms with Gasteiger partial charge in [0.2, 0.25) is 0 Å². The molecule has 0 bridgehead atoms. The molecule has 2 aromatic rings. The summed E-state index contributed by atoms with van der Waals surface area (Å²) in [5, 5.41) is 9.96. The molecule has 7 heteroatoms. The molecule has 0 amide bonds. The Balaban J connectivity index is 1.72. The van der Waals surface area contributed by atoms with Gasteiger partial charge >= 0.3 is 5.97 Å². The van der Waals surface area contributed by atoms with Crippen molar-refractivity contribution in [3.05, 3.63) is 34.8 Å². The van der Waals surface area contributed by atoms with Crippen LogP contribution in [0, 0.1) is 0 Å². The van der Waals surface area contributed by atoms with Crippen LogP contribution in [0.5, 0.6) is 0 Å². The minimum Gasteiger partial charge on any atom is -0.480 e. The minimum atomic E-state index is -0.828. The lowest BCUT2D eigenvalue weighted by molar-refractivity contribution is -0.138. The Kier molecular flexibility index (Phi) is 5.33. The molecule has 0 saturated carbocycles. The molecule has 2 heterocycles. The van der Waals surface area contributed by atoms with Gasteiger partial charge in [0.1, 0.15) is 5.82 Å². The number of aliphatic carboxylic acids is 1. The molecular weight excluding hydrogens is 374 g/mol. The number of carbonyl (C=O) groups is 1. The number of para-hydroxylation sites is 1. The van der Waals surface area contributed by atoms with E-state index in [2.05, 4.69) is 26.9 Å². The van der Waals surface area contributed by atoms with Crippen molar-refractivity contribution in [2.24, 2.45) is 0 Å². The number of likely N-dealkylation sites (N-methyl/N-ethyl adjacent to an activating group) is 1. The first-order valence-electron chi connectivity index (χ1n) is 7.85. The number of ether oxygens (including phenoxy) is 1. The third kappa shape index (κ3) is 4.03. The van der Waals surface area contributed by atoms with Crippen molar-refractivity contribution in [3.63, 3.8) is 0 Å². The van der Waals surface area contributed by atoms with Crippen molar-refractivity contribution in [2.45, 2.75) is 6.10 Å². The Morgan fingerprint density at radius 2 is 2.29 bits per heavy atom. The zero-order chi connectivity index (χ0) is 17.1. The number of morpholine rings is 1. The van der Waals surface area contributed by atoms with Crippen LogP contribution in [-0.2, 0) is 9.53 Å². The summed E-state index contributed by atoms with van der Waals surface area (Å²) < 4.78 is 6.76. The number of pyridine rings is 1. The molecule has 0 radical (unpaired) electrons. The van der Waals surface area contributed by atoms with E-state index in [-0.39, 0.29) is 12.6 Å². The van der Waals surface area contributed by atoms with E-state index in [0.29, 0.717) is 19.7 Å². The van der Waals surface area contributed by atoms with Gasteiger partial charge in [-0.25, -0.2) is 4.98 Å². The molecule has 3 rings (SSSR count). The predicted molar refractivity (Wildman–Crippen MR) is 96.5 cm³/mol. The minimum absolute atomic E-state index is 0.0149. The van der Waals surface area contributed by atoms with Gasteiger partial charge in [-0.2, -0.15) is 0 Å². The van der Waals surface area contributed by atoms with Crippen molar-refractivity contribution >= 4 is 38.6 Å². The fourth-order valence-corrected chi connectivity index (χ4v) is 3.43. The van der Waals surface area contributed by atoms with Gasteiger partial charge in [0.15, 0.2) is 0 Å². The first-order valence-corrected chi connectivity index (χ1v) is 8.64. The van der Waals surface area contributed by atoms with Crippen LogP contribution in [-0.4, -0.2) is 66.9 Å². The summed E-state index contributed by atoms with van der Waals surface area (Å²) in [6, 6.07) is 10.1. The molecule has 1 aliphatic heterocycles. The zero-order valence-electron chi connectivity index (χ0n) is 13.5. The SMILES string of the molecule is CN(CC(=O)O)CC1CN(c2ccc3cccc(Br)c3n2)CCO1. The Hall–Kier alpha value is -1.70. The highest BCUT2D eigenvalue weighted by atomic mass is 79.9. The summed E-state index contributed by atoms with van der Waals surface area (Å²) in [5.41, 5.74) is 0.945. The number of carboxylic acids is 1. The lowest BCUT2D eigenvalue weighted by atomic mass is 10.2. The molecule has 1 aromatic heterocycles. The van der Waals surface area contributed by atoms with E-state index >= 15 is 0 Å². The van der Waals surface area contributed by atoms with Crippen molar-refractivity contribution in [3.8, 4) is 0 Å². The molecule has 1 N–H and O–H groups in total. The maximum absolute atomic E-state index is 10.8. The normalized spacial score (nSPS) is 18.3. The van der Waals surface area contributed by atoms with Crippen molar-refractivity contribution in [1.29, 1.82) is 0 Å². The van der Waals surface area contributed by atoms with Gasteiger partial charge in [-0.15, -0.1) is 0 Å². The molecule has 24 heavy (non-hydrogen) atoms. The number of hydrogen-bond acceptors (Lipinski definition) is 5. The Labute approximate surface area is 149 Å². The second-order valence-corrected chi connectivity index (χ2v) is 6.86. The number of aromatic nitrogens is 1. The van der Waals surface area contributed by atoms with E-state index in [0.717, 1.165) is 27.7 Å². The number of carboxylic acid groups (broad SMARTS) is 1. The lowest BCUT2D eigenvalue weighted by Crippen LogP contribution is -2.48. The summed E-state index contributed by atoms with van der Waals surface area (Å²) in [7, 11) is 1.79. The quantitative estimate of drug-likeness (QED) is 0.839. The molecule has 1 fully saturated rings. The van der Waals surface area contributed by atoms with E-state index in [1.54, 1.807) is 11.9 Å². The summed E-state index contributed by atoms with van der Waals surface area (Å²) in [6.45, 7) is 2.69.